The van der Waals surface area contributed by atoms with Crippen molar-refractivity contribution >= 4 is 17.6 Å². The van der Waals surface area contributed by atoms with E-state index in [1.165, 1.54) is 7.11 Å². The minimum atomic E-state index is -0.951. The van der Waals surface area contributed by atoms with Crippen molar-refractivity contribution in [1.82, 2.24) is 0 Å². The molecular weight excluding hydrogens is 266 g/mol. The summed E-state index contributed by atoms with van der Waals surface area (Å²) in [6.45, 7) is 0.0286. The van der Waals surface area contributed by atoms with Crippen molar-refractivity contribution < 1.29 is 14.6 Å². The number of halogens is 1. The van der Waals surface area contributed by atoms with E-state index in [-0.39, 0.29) is 6.54 Å². The summed E-state index contributed by atoms with van der Waals surface area (Å²) in [5, 5.41) is 9.81. The molecule has 2 rings (SSSR count). The zero-order valence-corrected chi connectivity index (χ0v) is 11.7. The summed E-state index contributed by atoms with van der Waals surface area (Å²) in [5.74, 6) is -1.27. The Bertz CT molecular complexity index is 502. The molecule has 1 unspecified atom stereocenters. The molecule has 0 fully saturated rings. The van der Waals surface area contributed by atoms with E-state index in [4.69, 9.17) is 22.1 Å². The van der Waals surface area contributed by atoms with Crippen molar-refractivity contribution in [2.75, 3.05) is 13.7 Å². The van der Waals surface area contributed by atoms with Crippen LogP contribution in [0.25, 0.3) is 0 Å². The smallest absolute Gasteiger partial charge is 0.312 e. The Kier molecular flexibility index (Phi) is 4.32. The maximum Gasteiger partial charge on any atom is 0.312 e. The number of hydrogen-bond acceptors (Lipinski definition) is 3. The quantitative estimate of drug-likeness (QED) is 0.890. The zero-order valence-electron chi connectivity index (χ0n) is 10.9. The number of fused-ring (bicyclic) bond motifs is 1. The molecule has 0 bridgehead atoms. The van der Waals surface area contributed by atoms with Gasteiger partial charge in [-0.2, -0.15) is 0 Å². The number of methoxy groups -OCH3 is 1. The second-order valence-electron chi connectivity index (χ2n) is 4.78. The van der Waals surface area contributed by atoms with Gasteiger partial charge in [-0.1, -0.05) is 17.7 Å². The molecule has 19 heavy (non-hydrogen) atoms. The Morgan fingerprint density at radius 2 is 2.21 bits per heavy atom. The molecule has 0 aliphatic heterocycles. The largest absolute Gasteiger partial charge is 0.495 e. The number of carbonyl (C=O) groups is 1. The van der Waals surface area contributed by atoms with E-state index in [0.29, 0.717) is 16.3 Å². The molecule has 0 heterocycles. The van der Waals surface area contributed by atoms with E-state index in [9.17, 15) is 9.90 Å². The third-order valence-electron chi connectivity index (χ3n) is 3.68. The molecule has 0 saturated heterocycles. The van der Waals surface area contributed by atoms with Crippen molar-refractivity contribution in [2.24, 2.45) is 5.73 Å². The standard InChI is InChI=1S/C14H18ClNO3/c1-19-13-10(11(7-16)14(17)18)6-8-4-2-3-5-9(8)12(13)15/h6,11H,2-5,7,16H2,1H3,(H,17,18). The van der Waals surface area contributed by atoms with Gasteiger partial charge >= 0.3 is 5.97 Å². The summed E-state index contributed by atoms with van der Waals surface area (Å²) in [6, 6.07) is 1.91. The number of carboxylic acid groups (broad SMARTS) is 1. The summed E-state index contributed by atoms with van der Waals surface area (Å²) < 4.78 is 5.32. The van der Waals surface area contributed by atoms with Crippen LogP contribution < -0.4 is 10.5 Å². The van der Waals surface area contributed by atoms with Gasteiger partial charge in [0, 0.05) is 12.1 Å². The summed E-state index contributed by atoms with van der Waals surface area (Å²) in [5.41, 5.74) is 8.39. The lowest BCUT2D eigenvalue weighted by atomic mass is 9.86. The van der Waals surface area contributed by atoms with Crippen LogP contribution in [0.4, 0.5) is 0 Å². The molecule has 1 aliphatic rings. The van der Waals surface area contributed by atoms with Crippen LogP contribution in [0.15, 0.2) is 6.07 Å². The minimum Gasteiger partial charge on any atom is -0.495 e. The van der Waals surface area contributed by atoms with Crippen LogP contribution in [-0.4, -0.2) is 24.7 Å². The van der Waals surface area contributed by atoms with E-state index >= 15 is 0 Å². The number of aliphatic carboxylic acids is 1. The molecule has 0 saturated carbocycles. The summed E-state index contributed by atoms with van der Waals surface area (Å²) in [6.07, 6.45) is 4.07. The van der Waals surface area contributed by atoms with Gasteiger partial charge in [-0.05, 0) is 36.8 Å². The molecule has 0 spiro atoms. The molecule has 1 aliphatic carbocycles. The molecule has 3 N–H and O–H groups in total. The maximum absolute atomic E-state index is 11.3. The van der Waals surface area contributed by atoms with Gasteiger partial charge in [-0.3, -0.25) is 4.79 Å². The first-order valence-corrected chi connectivity index (χ1v) is 6.79. The number of nitrogens with two attached hydrogens (primary N) is 1. The summed E-state index contributed by atoms with van der Waals surface area (Å²) in [7, 11) is 1.51. The van der Waals surface area contributed by atoms with Crippen molar-refractivity contribution in [1.29, 1.82) is 0 Å². The van der Waals surface area contributed by atoms with Crippen LogP contribution in [0.1, 0.15) is 35.4 Å². The average Bonchev–Trinajstić information content (AvgIpc) is 2.39. The predicted molar refractivity (Wildman–Crippen MR) is 74.1 cm³/mol. The maximum atomic E-state index is 11.3. The highest BCUT2D eigenvalue weighted by atomic mass is 35.5. The van der Waals surface area contributed by atoms with Gasteiger partial charge in [0.15, 0.2) is 0 Å². The van der Waals surface area contributed by atoms with Crippen molar-refractivity contribution in [3.63, 3.8) is 0 Å². The number of hydrogen-bond donors (Lipinski definition) is 2. The fourth-order valence-electron chi connectivity index (χ4n) is 2.68. The fraction of sp³-hybridized carbons (Fsp3) is 0.500. The van der Waals surface area contributed by atoms with Crippen LogP contribution in [0.2, 0.25) is 5.02 Å². The topological polar surface area (TPSA) is 72.5 Å². The monoisotopic (exact) mass is 283 g/mol. The first kappa shape index (κ1) is 14.2. The number of rotatable bonds is 4. The SMILES string of the molecule is COc1c(C(CN)C(=O)O)cc2c(c1Cl)CCCC2. The predicted octanol–water partition coefficient (Wildman–Crippen LogP) is 2.35. The number of carboxylic acids is 1. The molecule has 0 amide bonds. The summed E-state index contributed by atoms with van der Waals surface area (Å²) >= 11 is 6.38. The number of ether oxygens (including phenoxy) is 1. The van der Waals surface area contributed by atoms with E-state index in [0.717, 1.165) is 36.8 Å². The number of aryl methyl sites for hydroxylation is 1. The molecule has 1 aromatic rings. The average molecular weight is 284 g/mol. The second kappa shape index (κ2) is 5.80. The van der Waals surface area contributed by atoms with Crippen LogP contribution in [0.3, 0.4) is 0 Å². The van der Waals surface area contributed by atoms with Crippen LogP contribution in [0.5, 0.6) is 5.75 Å². The Morgan fingerprint density at radius 1 is 1.53 bits per heavy atom. The van der Waals surface area contributed by atoms with E-state index in [2.05, 4.69) is 0 Å². The van der Waals surface area contributed by atoms with Gasteiger partial charge < -0.3 is 15.6 Å². The van der Waals surface area contributed by atoms with Gasteiger partial charge in [0.1, 0.15) is 5.75 Å². The molecule has 0 radical (unpaired) electrons. The Morgan fingerprint density at radius 3 is 2.79 bits per heavy atom. The highest BCUT2D eigenvalue weighted by Crippen LogP contribution is 2.40. The lowest BCUT2D eigenvalue weighted by Gasteiger charge is -2.23. The molecule has 104 valence electrons. The van der Waals surface area contributed by atoms with Gasteiger partial charge in [0.25, 0.3) is 0 Å². The van der Waals surface area contributed by atoms with Crippen molar-refractivity contribution in [3.05, 3.63) is 27.8 Å². The third-order valence-corrected chi connectivity index (χ3v) is 4.08. The number of benzene rings is 1. The second-order valence-corrected chi connectivity index (χ2v) is 5.16. The van der Waals surface area contributed by atoms with Crippen molar-refractivity contribution in [3.8, 4) is 5.75 Å². The van der Waals surface area contributed by atoms with E-state index in [1.54, 1.807) is 0 Å². The highest BCUT2D eigenvalue weighted by Gasteiger charge is 2.27. The lowest BCUT2D eigenvalue weighted by molar-refractivity contribution is -0.138. The molecular formula is C14H18ClNO3. The molecule has 4 nitrogen and oxygen atoms in total. The van der Waals surface area contributed by atoms with Crippen molar-refractivity contribution in [2.45, 2.75) is 31.6 Å². The lowest BCUT2D eigenvalue weighted by Crippen LogP contribution is -2.22. The summed E-state index contributed by atoms with van der Waals surface area (Å²) in [4.78, 5) is 11.3. The van der Waals surface area contributed by atoms with Crippen LogP contribution >= 0.6 is 11.6 Å². The van der Waals surface area contributed by atoms with Crippen LogP contribution in [0, 0.1) is 0 Å². The first-order valence-electron chi connectivity index (χ1n) is 6.41. The van der Waals surface area contributed by atoms with Gasteiger partial charge in [-0.25, -0.2) is 0 Å². The van der Waals surface area contributed by atoms with Gasteiger partial charge in [-0.15, -0.1) is 0 Å². The Labute approximate surface area is 117 Å². The molecule has 5 heteroatoms. The fourth-order valence-corrected chi connectivity index (χ4v) is 3.08. The van der Waals surface area contributed by atoms with Gasteiger partial charge in [0.2, 0.25) is 0 Å². The Balaban J connectivity index is 2.59. The van der Waals surface area contributed by atoms with E-state index < -0.39 is 11.9 Å². The molecule has 1 aromatic carbocycles. The molecule has 0 aromatic heterocycles. The minimum absolute atomic E-state index is 0.0286. The third kappa shape index (κ3) is 2.55. The van der Waals surface area contributed by atoms with E-state index in [1.807, 2.05) is 6.07 Å². The first-order chi connectivity index (χ1) is 9.10. The van der Waals surface area contributed by atoms with Gasteiger partial charge in [0.05, 0.1) is 18.1 Å². The highest BCUT2D eigenvalue weighted by molar-refractivity contribution is 6.33. The molecule has 1 atom stereocenters. The normalized spacial score (nSPS) is 15.7. The van der Waals surface area contributed by atoms with Crippen LogP contribution in [-0.2, 0) is 17.6 Å². The Hall–Kier alpha value is -1.26. The zero-order chi connectivity index (χ0) is 14.0.